The number of nitrogens with zero attached hydrogens (tertiary/aromatic N) is 2. The number of fused-ring (bicyclic) bond motifs is 1. The highest BCUT2D eigenvalue weighted by molar-refractivity contribution is 5.65. The number of nitrogen functional groups attached to an aromatic ring is 1. The minimum absolute atomic E-state index is 0.782. The SMILES string of the molecule is Cc1cc(C)c(-c2nc3c(c(NN)n2)CCCC3)cc1C. The van der Waals surface area contributed by atoms with Crippen LogP contribution in [0.3, 0.4) is 0 Å². The van der Waals surface area contributed by atoms with Crippen LogP contribution >= 0.6 is 0 Å². The molecule has 4 heteroatoms. The summed E-state index contributed by atoms with van der Waals surface area (Å²) in [4.78, 5) is 9.48. The van der Waals surface area contributed by atoms with Gasteiger partial charge in [-0.2, -0.15) is 0 Å². The smallest absolute Gasteiger partial charge is 0.162 e. The van der Waals surface area contributed by atoms with E-state index < -0.39 is 0 Å². The number of anilines is 1. The topological polar surface area (TPSA) is 63.8 Å². The molecule has 0 radical (unpaired) electrons. The highest BCUT2D eigenvalue weighted by atomic mass is 15.3. The molecule has 1 aliphatic rings. The Labute approximate surface area is 125 Å². The van der Waals surface area contributed by atoms with Crippen LogP contribution < -0.4 is 11.3 Å². The average molecular weight is 282 g/mol. The van der Waals surface area contributed by atoms with Crippen LogP contribution in [0.5, 0.6) is 0 Å². The van der Waals surface area contributed by atoms with Crippen LogP contribution in [0.15, 0.2) is 12.1 Å². The number of rotatable bonds is 2. The molecule has 2 aromatic rings. The van der Waals surface area contributed by atoms with E-state index in [1.165, 1.54) is 35.1 Å². The molecule has 0 spiro atoms. The number of benzene rings is 1. The standard InChI is InChI=1S/C17H22N4/c1-10-8-12(3)14(9-11(10)2)16-19-15-7-5-4-6-13(15)17(20-16)21-18/h8-9H,4-7,18H2,1-3H3,(H,19,20,21). The second kappa shape index (κ2) is 5.45. The van der Waals surface area contributed by atoms with E-state index in [0.29, 0.717) is 0 Å². The van der Waals surface area contributed by atoms with E-state index in [-0.39, 0.29) is 0 Å². The first kappa shape index (κ1) is 14.0. The Morgan fingerprint density at radius 3 is 2.43 bits per heavy atom. The zero-order valence-corrected chi connectivity index (χ0v) is 13.0. The predicted molar refractivity (Wildman–Crippen MR) is 86.1 cm³/mol. The summed E-state index contributed by atoms with van der Waals surface area (Å²) in [6.45, 7) is 6.37. The van der Waals surface area contributed by atoms with E-state index in [1.807, 2.05) is 0 Å². The van der Waals surface area contributed by atoms with Crippen LogP contribution in [0.4, 0.5) is 5.82 Å². The van der Waals surface area contributed by atoms with Crippen LogP contribution in [-0.4, -0.2) is 9.97 Å². The molecule has 0 fully saturated rings. The Bertz CT molecular complexity index is 674. The second-order valence-corrected chi connectivity index (χ2v) is 5.92. The maximum Gasteiger partial charge on any atom is 0.162 e. The highest BCUT2D eigenvalue weighted by Gasteiger charge is 2.18. The molecule has 3 rings (SSSR count). The van der Waals surface area contributed by atoms with Gasteiger partial charge >= 0.3 is 0 Å². The summed E-state index contributed by atoms with van der Waals surface area (Å²) in [6.07, 6.45) is 4.41. The van der Waals surface area contributed by atoms with E-state index >= 15 is 0 Å². The summed E-state index contributed by atoms with van der Waals surface area (Å²) in [5.74, 6) is 7.24. The van der Waals surface area contributed by atoms with E-state index in [2.05, 4.69) is 43.3 Å². The number of hydrogen-bond donors (Lipinski definition) is 2. The molecule has 0 bridgehead atoms. The van der Waals surface area contributed by atoms with Gasteiger partial charge in [0.05, 0.1) is 0 Å². The lowest BCUT2D eigenvalue weighted by Gasteiger charge is -2.19. The Morgan fingerprint density at radius 2 is 1.67 bits per heavy atom. The average Bonchev–Trinajstić information content (AvgIpc) is 2.49. The van der Waals surface area contributed by atoms with Crippen molar-refractivity contribution in [2.45, 2.75) is 46.5 Å². The summed E-state index contributed by atoms with van der Waals surface area (Å²) in [5.41, 5.74) is 9.96. The summed E-state index contributed by atoms with van der Waals surface area (Å²) in [6, 6.07) is 4.37. The van der Waals surface area contributed by atoms with Gasteiger partial charge in [0, 0.05) is 16.8 Å². The zero-order chi connectivity index (χ0) is 15.0. The number of aryl methyl sites for hydroxylation is 4. The van der Waals surface area contributed by atoms with Crippen molar-refractivity contribution in [2.24, 2.45) is 5.84 Å². The van der Waals surface area contributed by atoms with Gasteiger partial charge in [-0.05, 0) is 69.2 Å². The van der Waals surface area contributed by atoms with Crippen LogP contribution in [0, 0.1) is 20.8 Å². The van der Waals surface area contributed by atoms with Crippen LogP contribution in [-0.2, 0) is 12.8 Å². The third-order valence-electron chi connectivity index (χ3n) is 4.40. The molecule has 110 valence electrons. The summed E-state index contributed by atoms with van der Waals surface area (Å²) >= 11 is 0. The molecule has 1 aromatic carbocycles. The van der Waals surface area contributed by atoms with Crippen molar-refractivity contribution in [3.05, 3.63) is 40.1 Å². The van der Waals surface area contributed by atoms with Crippen molar-refractivity contribution in [3.8, 4) is 11.4 Å². The number of hydrogen-bond acceptors (Lipinski definition) is 4. The van der Waals surface area contributed by atoms with Gasteiger partial charge in [0.25, 0.3) is 0 Å². The van der Waals surface area contributed by atoms with Crippen molar-refractivity contribution < 1.29 is 0 Å². The van der Waals surface area contributed by atoms with Crippen molar-refractivity contribution in [2.75, 3.05) is 5.43 Å². The molecule has 4 nitrogen and oxygen atoms in total. The molecule has 0 saturated carbocycles. The molecular weight excluding hydrogens is 260 g/mol. The Hall–Kier alpha value is -1.94. The van der Waals surface area contributed by atoms with Crippen molar-refractivity contribution in [3.63, 3.8) is 0 Å². The third kappa shape index (κ3) is 2.51. The Balaban J connectivity index is 2.17. The largest absolute Gasteiger partial charge is 0.308 e. The summed E-state index contributed by atoms with van der Waals surface area (Å²) in [7, 11) is 0. The fraction of sp³-hybridized carbons (Fsp3) is 0.412. The highest BCUT2D eigenvalue weighted by Crippen LogP contribution is 2.30. The van der Waals surface area contributed by atoms with Gasteiger partial charge in [-0.1, -0.05) is 6.07 Å². The minimum atomic E-state index is 0.782. The number of nitrogens with two attached hydrogens (primary N) is 1. The van der Waals surface area contributed by atoms with Gasteiger partial charge in [-0.3, -0.25) is 0 Å². The first-order chi connectivity index (χ1) is 10.1. The van der Waals surface area contributed by atoms with Gasteiger partial charge in [-0.25, -0.2) is 15.8 Å². The van der Waals surface area contributed by atoms with E-state index in [9.17, 15) is 0 Å². The van der Waals surface area contributed by atoms with Gasteiger partial charge in [-0.15, -0.1) is 0 Å². The molecule has 0 unspecified atom stereocenters. The van der Waals surface area contributed by atoms with Crippen LogP contribution in [0.2, 0.25) is 0 Å². The fourth-order valence-electron chi connectivity index (χ4n) is 3.04. The van der Waals surface area contributed by atoms with E-state index in [0.717, 1.165) is 35.7 Å². The van der Waals surface area contributed by atoms with E-state index in [4.69, 9.17) is 10.8 Å². The molecule has 1 aliphatic carbocycles. The lowest BCUT2D eigenvalue weighted by Crippen LogP contribution is -2.17. The molecule has 1 heterocycles. The van der Waals surface area contributed by atoms with E-state index in [1.54, 1.807) is 0 Å². The van der Waals surface area contributed by atoms with Gasteiger partial charge < -0.3 is 5.43 Å². The maximum absolute atomic E-state index is 5.67. The second-order valence-electron chi connectivity index (χ2n) is 5.92. The first-order valence-corrected chi connectivity index (χ1v) is 7.54. The quantitative estimate of drug-likeness (QED) is 0.655. The Kier molecular flexibility index (Phi) is 3.64. The molecule has 0 atom stereocenters. The maximum atomic E-state index is 5.67. The first-order valence-electron chi connectivity index (χ1n) is 7.54. The molecular formula is C17H22N4. The van der Waals surface area contributed by atoms with Crippen molar-refractivity contribution in [1.82, 2.24) is 9.97 Å². The molecule has 21 heavy (non-hydrogen) atoms. The number of aromatic nitrogens is 2. The molecule has 3 N–H and O–H groups in total. The van der Waals surface area contributed by atoms with Crippen LogP contribution in [0.25, 0.3) is 11.4 Å². The zero-order valence-electron chi connectivity index (χ0n) is 13.0. The van der Waals surface area contributed by atoms with Crippen molar-refractivity contribution >= 4 is 5.82 Å². The number of nitrogens with one attached hydrogen (secondary N) is 1. The summed E-state index contributed by atoms with van der Waals surface area (Å²) in [5, 5.41) is 0. The molecule has 0 amide bonds. The monoisotopic (exact) mass is 282 g/mol. The van der Waals surface area contributed by atoms with Gasteiger partial charge in [0.15, 0.2) is 5.82 Å². The number of hydrazine groups is 1. The van der Waals surface area contributed by atoms with Gasteiger partial charge in [0.2, 0.25) is 0 Å². The predicted octanol–water partition coefficient (Wildman–Crippen LogP) is 3.23. The Morgan fingerprint density at radius 1 is 0.952 bits per heavy atom. The molecule has 0 saturated heterocycles. The minimum Gasteiger partial charge on any atom is -0.308 e. The lowest BCUT2D eigenvalue weighted by molar-refractivity contribution is 0.665. The van der Waals surface area contributed by atoms with Crippen molar-refractivity contribution in [1.29, 1.82) is 0 Å². The van der Waals surface area contributed by atoms with Gasteiger partial charge in [0.1, 0.15) is 5.82 Å². The lowest BCUT2D eigenvalue weighted by atomic mass is 9.95. The molecule has 0 aliphatic heterocycles. The fourth-order valence-corrected chi connectivity index (χ4v) is 3.04. The molecule has 1 aromatic heterocycles. The third-order valence-corrected chi connectivity index (χ3v) is 4.40. The summed E-state index contributed by atoms with van der Waals surface area (Å²) < 4.78 is 0. The van der Waals surface area contributed by atoms with Crippen LogP contribution in [0.1, 0.15) is 40.8 Å². The normalized spacial score (nSPS) is 13.9.